The first-order chi connectivity index (χ1) is 11.7. The predicted molar refractivity (Wildman–Crippen MR) is 99.7 cm³/mol. The fraction of sp³-hybridized carbons (Fsp3) is 0.136. The van der Waals surface area contributed by atoms with Crippen LogP contribution in [0.4, 0.5) is 0 Å². The molecule has 0 amide bonds. The van der Waals surface area contributed by atoms with E-state index in [9.17, 15) is 0 Å². The molecule has 0 saturated carbocycles. The zero-order valence-corrected chi connectivity index (χ0v) is 14.2. The summed E-state index contributed by atoms with van der Waals surface area (Å²) in [4.78, 5) is 0. The molecule has 0 bridgehead atoms. The average Bonchev–Trinajstić information content (AvgIpc) is 3.08. The second-order valence-electron chi connectivity index (χ2n) is 6.73. The van der Waals surface area contributed by atoms with Gasteiger partial charge in [-0.25, -0.2) is 0 Å². The Kier molecular flexibility index (Phi) is 2.58. The van der Waals surface area contributed by atoms with Crippen LogP contribution in [0, 0.1) is 13.8 Å². The summed E-state index contributed by atoms with van der Waals surface area (Å²) in [5.41, 5.74) is 7.82. The molecule has 0 unspecified atom stereocenters. The molecule has 0 aliphatic rings. The lowest BCUT2D eigenvalue weighted by Crippen LogP contribution is -2.31. The number of pyridine rings is 1. The fourth-order valence-corrected chi connectivity index (χ4v) is 4.07. The minimum absolute atomic E-state index is 1.26. The number of aryl methyl sites for hydroxylation is 3. The van der Waals surface area contributed by atoms with E-state index in [2.05, 4.69) is 90.7 Å². The number of benzene rings is 2. The summed E-state index contributed by atoms with van der Waals surface area (Å²) < 4.78 is 4.67. The van der Waals surface area contributed by atoms with Gasteiger partial charge in [0.1, 0.15) is 12.7 Å². The molecule has 0 N–H and O–H groups in total. The molecule has 0 radical (unpaired) electrons. The van der Waals surface area contributed by atoms with Crippen molar-refractivity contribution in [3.05, 3.63) is 71.9 Å². The molecule has 5 aromatic rings. The van der Waals surface area contributed by atoms with Crippen LogP contribution >= 0.6 is 0 Å². The summed E-state index contributed by atoms with van der Waals surface area (Å²) in [7, 11) is 2.13. The fourth-order valence-electron chi connectivity index (χ4n) is 4.07. The normalized spacial score (nSPS) is 12.0. The maximum absolute atomic E-state index is 2.45. The zero-order chi connectivity index (χ0) is 16.4. The van der Waals surface area contributed by atoms with E-state index in [0.29, 0.717) is 0 Å². The van der Waals surface area contributed by atoms with Gasteiger partial charge in [-0.1, -0.05) is 36.4 Å². The van der Waals surface area contributed by atoms with Gasteiger partial charge in [-0.05, 0) is 31.0 Å². The molecule has 0 saturated heterocycles. The maximum Gasteiger partial charge on any atom is 0.229 e. The molecule has 0 aliphatic heterocycles. The topological polar surface area (TPSA) is 8.29 Å². The van der Waals surface area contributed by atoms with E-state index in [4.69, 9.17) is 0 Å². The lowest BCUT2D eigenvalue weighted by molar-refractivity contribution is -0.660. The van der Waals surface area contributed by atoms with E-state index in [1.807, 2.05) is 0 Å². The van der Waals surface area contributed by atoms with Crippen molar-refractivity contribution in [1.29, 1.82) is 0 Å². The summed E-state index contributed by atoms with van der Waals surface area (Å²) in [5.74, 6) is 0. The molecule has 3 heterocycles. The van der Waals surface area contributed by atoms with Crippen LogP contribution in [0.3, 0.4) is 0 Å². The van der Waals surface area contributed by atoms with E-state index in [1.54, 1.807) is 0 Å². The Morgan fingerprint density at radius 3 is 2.46 bits per heavy atom. The molecule has 2 nitrogen and oxygen atoms in total. The summed E-state index contributed by atoms with van der Waals surface area (Å²) >= 11 is 0. The highest BCUT2D eigenvalue weighted by Crippen LogP contribution is 2.40. The third-order valence-corrected chi connectivity index (χ3v) is 5.23. The van der Waals surface area contributed by atoms with Gasteiger partial charge in [-0.15, -0.1) is 0 Å². The van der Waals surface area contributed by atoms with Crippen LogP contribution in [0.1, 0.15) is 11.1 Å². The van der Waals surface area contributed by atoms with Gasteiger partial charge in [0.25, 0.3) is 0 Å². The van der Waals surface area contributed by atoms with Gasteiger partial charge < -0.3 is 4.40 Å². The molecular weight excluding hydrogens is 292 g/mol. The third kappa shape index (κ3) is 1.58. The first kappa shape index (κ1) is 13.6. The zero-order valence-electron chi connectivity index (χ0n) is 14.2. The third-order valence-electron chi connectivity index (χ3n) is 5.23. The van der Waals surface area contributed by atoms with Crippen molar-refractivity contribution in [3.8, 4) is 11.4 Å². The van der Waals surface area contributed by atoms with Crippen LogP contribution in [0.2, 0.25) is 0 Å². The van der Waals surface area contributed by atoms with Crippen molar-refractivity contribution in [2.24, 2.45) is 7.05 Å². The number of para-hydroxylation sites is 2. The SMILES string of the molecule is Cc1cc[n+](C)c(-c2c(C)c3cccc4c5ccccc5n2c34)c1. The highest BCUT2D eigenvalue weighted by atomic mass is 15.0. The van der Waals surface area contributed by atoms with E-state index in [-0.39, 0.29) is 0 Å². The second-order valence-corrected chi connectivity index (χ2v) is 6.73. The van der Waals surface area contributed by atoms with Crippen molar-refractivity contribution in [2.75, 3.05) is 0 Å². The van der Waals surface area contributed by atoms with Crippen molar-refractivity contribution in [3.63, 3.8) is 0 Å². The van der Waals surface area contributed by atoms with Gasteiger partial charge in [0.2, 0.25) is 5.69 Å². The summed E-state index contributed by atoms with van der Waals surface area (Å²) in [5, 5.41) is 4.02. The van der Waals surface area contributed by atoms with Gasteiger partial charge in [0.05, 0.1) is 11.0 Å². The molecule has 0 spiro atoms. The lowest BCUT2D eigenvalue weighted by Gasteiger charge is -2.04. The smallest absolute Gasteiger partial charge is 0.229 e. The minimum Gasteiger partial charge on any atom is -0.303 e. The Hall–Kier alpha value is -2.87. The van der Waals surface area contributed by atoms with Crippen molar-refractivity contribution in [1.82, 2.24) is 4.40 Å². The summed E-state index contributed by atoms with van der Waals surface area (Å²) in [6, 6.07) is 19.8. The van der Waals surface area contributed by atoms with Crippen LogP contribution in [0.5, 0.6) is 0 Å². The molecule has 0 atom stereocenters. The van der Waals surface area contributed by atoms with Crippen LogP contribution in [-0.2, 0) is 7.05 Å². The number of rotatable bonds is 1. The minimum atomic E-state index is 1.26. The predicted octanol–water partition coefficient (Wildman–Crippen LogP) is 4.79. The Labute approximate surface area is 140 Å². The number of hydrogen-bond donors (Lipinski definition) is 0. The maximum atomic E-state index is 2.45. The number of nitrogens with zero attached hydrogens (tertiary/aromatic N) is 2. The van der Waals surface area contributed by atoms with Crippen LogP contribution in [0.15, 0.2) is 60.8 Å². The van der Waals surface area contributed by atoms with E-state index in [0.717, 1.165) is 0 Å². The Bertz CT molecular complexity index is 1230. The first-order valence-corrected chi connectivity index (χ1v) is 8.37. The Morgan fingerprint density at radius 1 is 0.833 bits per heavy atom. The monoisotopic (exact) mass is 311 g/mol. The van der Waals surface area contributed by atoms with Crippen LogP contribution in [0.25, 0.3) is 38.6 Å². The molecule has 5 rings (SSSR count). The van der Waals surface area contributed by atoms with E-state index in [1.165, 1.54) is 49.7 Å². The first-order valence-electron chi connectivity index (χ1n) is 8.37. The summed E-state index contributed by atoms with van der Waals surface area (Å²) in [6.45, 7) is 4.40. The second kappa shape index (κ2) is 4.57. The molecule has 3 aromatic heterocycles. The van der Waals surface area contributed by atoms with Gasteiger partial charge in [-0.2, -0.15) is 4.57 Å². The number of hydrogen-bond acceptors (Lipinski definition) is 0. The van der Waals surface area contributed by atoms with Gasteiger partial charge in [-0.3, -0.25) is 0 Å². The largest absolute Gasteiger partial charge is 0.303 e. The quantitative estimate of drug-likeness (QED) is 0.393. The molecule has 2 aromatic carbocycles. The van der Waals surface area contributed by atoms with Gasteiger partial charge in [0.15, 0.2) is 6.20 Å². The van der Waals surface area contributed by atoms with E-state index < -0.39 is 0 Å². The molecule has 0 fully saturated rings. The standard InChI is InChI=1S/C22H19N2/c1-14-11-12-23(3)20(13-14)21-15(2)16-8-6-9-18-17-7-4-5-10-19(17)24(21)22(16)18/h4-13H,1-3H3/q+1. The molecule has 0 aliphatic carbocycles. The number of aromatic nitrogens is 2. The van der Waals surface area contributed by atoms with Crippen molar-refractivity contribution in [2.45, 2.75) is 13.8 Å². The highest BCUT2D eigenvalue weighted by molar-refractivity contribution is 6.17. The van der Waals surface area contributed by atoms with Crippen molar-refractivity contribution < 1.29 is 4.57 Å². The van der Waals surface area contributed by atoms with Crippen molar-refractivity contribution >= 4 is 27.2 Å². The van der Waals surface area contributed by atoms with Crippen LogP contribution in [-0.4, -0.2) is 4.40 Å². The lowest BCUT2D eigenvalue weighted by atomic mass is 10.1. The highest BCUT2D eigenvalue weighted by Gasteiger charge is 2.24. The van der Waals surface area contributed by atoms with Gasteiger partial charge >= 0.3 is 0 Å². The number of fused-ring (bicyclic) bond motifs is 3. The Morgan fingerprint density at radius 2 is 1.58 bits per heavy atom. The van der Waals surface area contributed by atoms with Gasteiger partial charge in [0, 0.05) is 28.3 Å². The molecule has 24 heavy (non-hydrogen) atoms. The van der Waals surface area contributed by atoms with E-state index >= 15 is 0 Å². The van der Waals surface area contributed by atoms with Crippen LogP contribution < -0.4 is 4.57 Å². The molecule has 2 heteroatoms. The Balaban J connectivity index is 2.09. The molecule has 116 valence electrons. The summed E-state index contributed by atoms with van der Waals surface area (Å²) in [6.07, 6.45) is 2.15. The molecular formula is C22H19N2+. The average molecular weight is 311 g/mol.